The molecular weight excluding hydrogens is 182 g/mol. The van der Waals surface area contributed by atoms with Gasteiger partial charge in [-0.1, -0.05) is 0 Å². The van der Waals surface area contributed by atoms with Gasteiger partial charge in [0.15, 0.2) is 0 Å². The molecule has 0 unspecified atom stereocenters. The zero-order valence-corrected chi connectivity index (χ0v) is 8.20. The molecule has 2 saturated heterocycles. The summed E-state index contributed by atoms with van der Waals surface area (Å²) < 4.78 is 5.24. The van der Waals surface area contributed by atoms with Crippen molar-refractivity contribution in [3.05, 3.63) is 0 Å². The van der Waals surface area contributed by atoms with Gasteiger partial charge in [0, 0.05) is 32.2 Å². The minimum absolute atomic E-state index is 0.00755. The summed E-state index contributed by atoms with van der Waals surface area (Å²) in [6.07, 6.45) is 2.47. The summed E-state index contributed by atoms with van der Waals surface area (Å²) in [7, 11) is 0. The van der Waals surface area contributed by atoms with Gasteiger partial charge in [0.05, 0.1) is 6.42 Å². The SMILES string of the molecule is O=C1CCN(C2CCOCC2)C(=O)C1. The molecule has 78 valence electrons. The molecule has 2 heterocycles. The maximum Gasteiger partial charge on any atom is 0.230 e. The number of ether oxygens (including phenoxy) is 1. The van der Waals surface area contributed by atoms with Crippen LogP contribution in [-0.2, 0) is 14.3 Å². The van der Waals surface area contributed by atoms with Crippen LogP contribution in [0, 0.1) is 0 Å². The Labute approximate surface area is 83.2 Å². The summed E-state index contributed by atoms with van der Waals surface area (Å²) in [5.41, 5.74) is 0. The molecular formula is C10H15NO3. The van der Waals surface area contributed by atoms with Crippen molar-refractivity contribution < 1.29 is 14.3 Å². The normalized spacial score (nSPS) is 25.6. The average molecular weight is 197 g/mol. The van der Waals surface area contributed by atoms with E-state index in [1.807, 2.05) is 4.90 Å². The molecule has 2 rings (SSSR count). The van der Waals surface area contributed by atoms with Gasteiger partial charge >= 0.3 is 0 Å². The van der Waals surface area contributed by atoms with E-state index in [-0.39, 0.29) is 18.1 Å². The molecule has 0 radical (unpaired) electrons. The molecule has 0 N–H and O–H groups in total. The average Bonchev–Trinajstić information content (AvgIpc) is 2.19. The van der Waals surface area contributed by atoms with Gasteiger partial charge in [-0.15, -0.1) is 0 Å². The molecule has 2 aliphatic heterocycles. The highest BCUT2D eigenvalue weighted by Gasteiger charge is 2.30. The Kier molecular flexibility index (Phi) is 2.82. The first-order chi connectivity index (χ1) is 6.77. The molecule has 0 aromatic heterocycles. The quantitative estimate of drug-likeness (QED) is 0.570. The summed E-state index contributed by atoms with van der Waals surface area (Å²) >= 11 is 0. The number of rotatable bonds is 1. The van der Waals surface area contributed by atoms with E-state index in [1.165, 1.54) is 0 Å². The summed E-state index contributed by atoms with van der Waals surface area (Å²) in [6.45, 7) is 2.09. The van der Waals surface area contributed by atoms with E-state index in [0.717, 1.165) is 26.1 Å². The number of hydrogen-bond acceptors (Lipinski definition) is 3. The van der Waals surface area contributed by atoms with Gasteiger partial charge in [0.25, 0.3) is 0 Å². The van der Waals surface area contributed by atoms with Crippen molar-refractivity contribution >= 4 is 11.7 Å². The van der Waals surface area contributed by atoms with Crippen molar-refractivity contribution in [1.29, 1.82) is 0 Å². The standard InChI is InChI=1S/C10H15NO3/c12-9-1-4-11(10(13)7-9)8-2-5-14-6-3-8/h8H,1-7H2. The largest absolute Gasteiger partial charge is 0.381 e. The van der Waals surface area contributed by atoms with E-state index >= 15 is 0 Å². The maximum absolute atomic E-state index is 11.6. The monoisotopic (exact) mass is 197 g/mol. The predicted molar refractivity (Wildman–Crippen MR) is 49.8 cm³/mol. The number of ketones is 1. The van der Waals surface area contributed by atoms with E-state index in [9.17, 15) is 9.59 Å². The van der Waals surface area contributed by atoms with E-state index < -0.39 is 0 Å². The first kappa shape index (κ1) is 9.65. The predicted octanol–water partition coefficient (Wildman–Crippen LogP) is 0.357. The lowest BCUT2D eigenvalue weighted by Crippen LogP contribution is -2.47. The second-order valence-electron chi connectivity index (χ2n) is 3.90. The number of nitrogens with zero attached hydrogens (tertiary/aromatic N) is 1. The highest BCUT2D eigenvalue weighted by molar-refractivity contribution is 6.00. The summed E-state index contributed by atoms with van der Waals surface area (Å²) in [6, 6.07) is 0.310. The molecule has 0 bridgehead atoms. The Morgan fingerprint density at radius 1 is 1.21 bits per heavy atom. The number of piperidine rings is 1. The number of likely N-dealkylation sites (tertiary alicyclic amines) is 1. The molecule has 4 nitrogen and oxygen atoms in total. The smallest absolute Gasteiger partial charge is 0.230 e. The molecule has 0 saturated carbocycles. The molecule has 0 spiro atoms. The number of carbonyl (C=O) groups is 2. The van der Waals surface area contributed by atoms with Crippen molar-refractivity contribution in [2.24, 2.45) is 0 Å². The molecule has 0 atom stereocenters. The zero-order valence-electron chi connectivity index (χ0n) is 8.20. The van der Waals surface area contributed by atoms with Crippen molar-refractivity contribution in [3.63, 3.8) is 0 Å². The zero-order chi connectivity index (χ0) is 9.97. The fraction of sp³-hybridized carbons (Fsp3) is 0.800. The first-order valence-electron chi connectivity index (χ1n) is 5.16. The van der Waals surface area contributed by atoms with Crippen LogP contribution in [0.3, 0.4) is 0 Å². The van der Waals surface area contributed by atoms with Crippen LogP contribution in [0.25, 0.3) is 0 Å². The number of hydrogen-bond donors (Lipinski definition) is 0. The molecule has 0 aromatic rings. The maximum atomic E-state index is 11.6. The van der Waals surface area contributed by atoms with Gasteiger partial charge in [-0.05, 0) is 12.8 Å². The molecule has 2 aliphatic rings. The van der Waals surface area contributed by atoms with Crippen LogP contribution in [0.5, 0.6) is 0 Å². The van der Waals surface area contributed by atoms with E-state index in [4.69, 9.17) is 4.74 Å². The summed E-state index contributed by atoms with van der Waals surface area (Å²) in [4.78, 5) is 24.5. The fourth-order valence-electron chi connectivity index (χ4n) is 2.11. The van der Waals surface area contributed by atoms with Crippen LogP contribution in [0.1, 0.15) is 25.7 Å². The Hall–Kier alpha value is -0.900. The van der Waals surface area contributed by atoms with Crippen LogP contribution in [0.2, 0.25) is 0 Å². The second kappa shape index (κ2) is 4.09. The first-order valence-corrected chi connectivity index (χ1v) is 5.16. The van der Waals surface area contributed by atoms with Gasteiger partial charge in [-0.2, -0.15) is 0 Å². The van der Waals surface area contributed by atoms with Gasteiger partial charge in [-0.3, -0.25) is 9.59 Å². The van der Waals surface area contributed by atoms with Crippen molar-refractivity contribution in [3.8, 4) is 0 Å². The number of Topliss-reactive ketones (excluding diaryl/α,β-unsaturated/α-hetero) is 1. The molecule has 2 fully saturated rings. The van der Waals surface area contributed by atoms with Crippen LogP contribution in [-0.4, -0.2) is 42.4 Å². The van der Waals surface area contributed by atoms with Crippen molar-refractivity contribution in [2.75, 3.05) is 19.8 Å². The van der Waals surface area contributed by atoms with Crippen LogP contribution in [0.4, 0.5) is 0 Å². The Balaban J connectivity index is 1.95. The van der Waals surface area contributed by atoms with E-state index in [1.54, 1.807) is 0 Å². The minimum atomic E-state index is 0.00755. The van der Waals surface area contributed by atoms with Crippen molar-refractivity contribution in [1.82, 2.24) is 4.90 Å². The Morgan fingerprint density at radius 2 is 1.93 bits per heavy atom. The van der Waals surface area contributed by atoms with Crippen LogP contribution >= 0.6 is 0 Å². The topological polar surface area (TPSA) is 46.6 Å². The molecule has 0 aromatic carbocycles. The van der Waals surface area contributed by atoms with Gasteiger partial charge in [0.1, 0.15) is 5.78 Å². The third-order valence-corrected chi connectivity index (χ3v) is 2.93. The number of amides is 1. The van der Waals surface area contributed by atoms with Crippen LogP contribution < -0.4 is 0 Å². The molecule has 4 heteroatoms. The van der Waals surface area contributed by atoms with E-state index in [2.05, 4.69) is 0 Å². The fourth-order valence-corrected chi connectivity index (χ4v) is 2.11. The second-order valence-corrected chi connectivity index (χ2v) is 3.90. The number of carbonyl (C=O) groups excluding carboxylic acids is 2. The lowest BCUT2D eigenvalue weighted by molar-refractivity contribution is -0.143. The highest BCUT2D eigenvalue weighted by Crippen LogP contribution is 2.19. The van der Waals surface area contributed by atoms with Gasteiger partial charge in [-0.25, -0.2) is 0 Å². The lowest BCUT2D eigenvalue weighted by Gasteiger charge is -2.36. The third-order valence-electron chi connectivity index (χ3n) is 2.93. The van der Waals surface area contributed by atoms with Crippen molar-refractivity contribution in [2.45, 2.75) is 31.7 Å². The molecule has 1 amide bonds. The van der Waals surface area contributed by atoms with Gasteiger partial charge < -0.3 is 9.64 Å². The van der Waals surface area contributed by atoms with Gasteiger partial charge in [0.2, 0.25) is 5.91 Å². The summed E-state index contributed by atoms with van der Waals surface area (Å²) in [5.74, 6) is 0.0893. The molecule has 0 aliphatic carbocycles. The lowest BCUT2D eigenvalue weighted by atomic mass is 10.0. The molecule has 14 heavy (non-hydrogen) atoms. The van der Waals surface area contributed by atoms with Crippen LogP contribution in [0.15, 0.2) is 0 Å². The minimum Gasteiger partial charge on any atom is -0.381 e. The Bertz CT molecular complexity index is 246. The Morgan fingerprint density at radius 3 is 2.57 bits per heavy atom. The third kappa shape index (κ3) is 1.95. The highest BCUT2D eigenvalue weighted by atomic mass is 16.5. The summed E-state index contributed by atoms with van der Waals surface area (Å²) in [5, 5.41) is 0. The van der Waals surface area contributed by atoms with E-state index in [0.29, 0.717) is 19.0 Å².